The van der Waals surface area contributed by atoms with Crippen molar-refractivity contribution in [2.75, 3.05) is 26.4 Å². The van der Waals surface area contributed by atoms with Crippen LogP contribution in [0, 0.1) is 0 Å². The molecule has 3 aliphatic heterocycles. The molecule has 0 aromatic heterocycles. The molecular weight excluding hydrogens is 550 g/mol. The molecule has 224 valence electrons. The summed E-state index contributed by atoms with van der Waals surface area (Å²) in [6.45, 7) is 3.44. The van der Waals surface area contributed by atoms with Crippen LogP contribution in [0.3, 0.4) is 0 Å². The molecule has 2 N–H and O–H groups in total. The molecule has 11 heteroatoms. The average Bonchev–Trinajstić information content (AvgIpc) is 3.62. The monoisotopic (exact) mass is 585 g/mol. The Balaban J connectivity index is 1.28. The summed E-state index contributed by atoms with van der Waals surface area (Å²) in [4.78, 5) is 44.6. The minimum Gasteiger partial charge on any atom is -0.508 e. The molecule has 0 radical (unpaired) electrons. The topological polar surface area (TPSA) is 115 Å². The number of fused-ring (bicyclic) bond motifs is 2. The number of piperazine rings is 1. The predicted octanol–water partition coefficient (Wildman–Crippen LogP) is 3.08. The molecule has 43 heavy (non-hydrogen) atoms. The van der Waals surface area contributed by atoms with Crippen LogP contribution in [0.4, 0.5) is 4.79 Å². The minimum absolute atomic E-state index is 0.0132. The normalized spacial score (nSPS) is 19.5. The van der Waals surface area contributed by atoms with Crippen LogP contribution in [0.15, 0.2) is 72.8 Å². The number of phenolic OH excluding ortho intramolecular Hbond substituents is 1. The number of hydrazine groups is 1. The van der Waals surface area contributed by atoms with Gasteiger partial charge in [-0.2, -0.15) is 5.01 Å². The van der Waals surface area contributed by atoms with E-state index >= 15 is 0 Å². The maximum atomic E-state index is 14.0. The fourth-order valence-corrected chi connectivity index (χ4v) is 5.93. The molecule has 0 bridgehead atoms. The summed E-state index contributed by atoms with van der Waals surface area (Å²) in [6.07, 6.45) is 0.434. The molecule has 0 aliphatic carbocycles. The van der Waals surface area contributed by atoms with Crippen molar-refractivity contribution in [2.45, 2.75) is 45.1 Å². The van der Waals surface area contributed by atoms with Gasteiger partial charge < -0.3 is 29.7 Å². The van der Waals surface area contributed by atoms with E-state index in [1.807, 2.05) is 55.5 Å². The van der Waals surface area contributed by atoms with Gasteiger partial charge in [0.1, 0.15) is 18.0 Å². The van der Waals surface area contributed by atoms with E-state index in [0.717, 1.165) is 16.7 Å². The zero-order chi connectivity index (χ0) is 29.9. The van der Waals surface area contributed by atoms with Crippen LogP contribution in [-0.4, -0.2) is 81.4 Å². The van der Waals surface area contributed by atoms with Crippen LogP contribution in [0.25, 0.3) is 0 Å². The summed E-state index contributed by atoms with van der Waals surface area (Å²) in [5.41, 5.74) is 2.66. The van der Waals surface area contributed by atoms with Crippen molar-refractivity contribution in [3.05, 3.63) is 89.5 Å². The van der Waals surface area contributed by atoms with E-state index in [9.17, 15) is 19.5 Å². The molecule has 0 spiro atoms. The molecule has 6 rings (SSSR count). The van der Waals surface area contributed by atoms with Crippen LogP contribution in [0.5, 0.6) is 17.2 Å². The maximum Gasteiger partial charge on any atom is 0.332 e. The largest absolute Gasteiger partial charge is 0.508 e. The van der Waals surface area contributed by atoms with Crippen molar-refractivity contribution >= 4 is 17.8 Å². The lowest BCUT2D eigenvalue weighted by molar-refractivity contribution is -0.157. The van der Waals surface area contributed by atoms with E-state index in [1.165, 1.54) is 0 Å². The van der Waals surface area contributed by atoms with E-state index < -0.39 is 12.2 Å². The third-order valence-corrected chi connectivity index (χ3v) is 8.01. The molecule has 3 aromatic rings. The molecule has 0 saturated carbocycles. The van der Waals surface area contributed by atoms with Crippen LogP contribution in [0.2, 0.25) is 0 Å². The molecule has 2 saturated heterocycles. The van der Waals surface area contributed by atoms with E-state index in [1.54, 1.807) is 44.1 Å². The Morgan fingerprint density at radius 1 is 0.977 bits per heavy atom. The van der Waals surface area contributed by atoms with Gasteiger partial charge in [-0.15, -0.1) is 0 Å². The molecule has 3 aromatic carbocycles. The highest BCUT2D eigenvalue weighted by molar-refractivity contribution is 5.91. The van der Waals surface area contributed by atoms with Gasteiger partial charge in [-0.1, -0.05) is 55.5 Å². The highest BCUT2D eigenvalue weighted by Gasteiger charge is 2.52. The summed E-state index contributed by atoms with van der Waals surface area (Å²) >= 11 is 0. The lowest BCUT2D eigenvalue weighted by Gasteiger charge is -2.46. The number of phenols is 1. The molecule has 4 amide bonds. The average molecular weight is 586 g/mol. The van der Waals surface area contributed by atoms with E-state index in [0.29, 0.717) is 37.6 Å². The number of benzene rings is 3. The van der Waals surface area contributed by atoms with Crippen molar-refractivity contribution < 1.29 is 29.0 Å². The first-order chi connectivity index (χ1) is 20.9. The van der Waals surface area contributed by atoms with E-state index in [4.69, 9.17) is 9.47 Å². The third-order valence-electron chi connectivity index (χ3n) is 8.01. The van der Waals surface area contributed by atoms with Crippen molar-refractivity contribution in [1.82, 2.24) is 25.1 Å². The number of carbonyl (C=O) groups excluding carboxylic acids is 3. The van der Waals surface area contributed by atoms with Gasteiger partial charge in [0.05, 0.1) is 13.1 Å². The summed E-state index contributed by atoms with van der Waals surface area (Å²) in [5, 5.41) is 16.2. The Hall–Kier alpha value is -4.77. The highest BCUT2D eigenvalue weighted by atomic mass is 16.7. The third kappa shape index (κ3) is 5.94. The van der Waals surface area contributed by atoms with Gasteiger partial charge in [0.15, 0.2) is 11.5 Å². The van der Waals surface area contributed by atoms with Gasteiger partial charge in [-0.3, -0.25) is 14.6 Å². The van der Waals surface area contributed by atoms with Crippen molar-refractivity contribution in [3.63, 3.8) is 0 Å². The van der Waals surface area contributed by atoms with Gasteiger partial charge in [-0.05, 0) is 47.4 Å². The quantitative estimate of drug-likeness (QED) is 0.397. The Morgan fingerprint density at radius 2 is 1.72 bits per heavy atom. The summed E-state index contributed by atoms with van der Waals surface area (Å²) < 4.78 is 11.0. The van der Waals surface area contributed by atoms with Gasteiger partial charge in [0.25, 0.3) is 0 Å². The zero-order valence-corrected chi connectivity index (χ0v) is 24.0. The molecule has 3 aliphatic rings. The summed E-state index contributed by atoms with van der Waals surface area (Å²) in [7, 11) is 0. The number of aromatic hydroxyl groups is 1. The van der Waals surface area contributed by atoms with Gasteiger partial charge in [-0.25, -0.2) is 4.79 Å². The number of urea groups is 1. The fraction of sp³-hybridized carbons (Fsp3) is 0.344. The molecule has 2 fully saturated rings. The summed E-state index contributed by atoms with van der Waals surface area (Å²) in [5.74, 6) is 1.04. The smallest absolute Gasteiger partial charge is 0.332 e. The Bertz CT molecular complexity index is 1480. The van der Waals surface area contributed by atoms with Gasteiger partial charge >= 0.3 is 6.03 Å². The highest BCUT2D eigenvalue weighted by Crippen LogP contribution is 2.34. The molecule has 3 heterocycles. The second-order valence-corrected chi connectivity index (χ2v) is 10.9. The first-order valence-electron chi connectivity index (χ1n) is 14.5. The van der Waals surface area contributed by atoms with Crippen LogP contribution in [-0.2, 0) is 29.1 Å². The number of carbonyl (C=O) groups is 3. The SMILES string of the molecule is CCCN(C(=O)NCc1ccccc1)N1CC(=O)N2[C@@H](Cc3ccc(O)cc3)C(=O)N(Cc3ccc4c(c3)OCO4)C[C@@H]21. The Kier molecular flexibility index (Phi) is 8.06. The van der Waals surface area contributed by atoms with Crippen molar-refractivity contribution in [1.29, 1.82) is 0 Å². The Labute approximate surface area is 250 Å². The lowest BCUT2D eigenvalue weighted by atomic mass is 10.00. The zero-order valence-electron chi connectivity index (χ0n) is 24.0. The minimum atomic E-state index is -0.773. The molecular formula is C32H35N5O6. The second kappa shape index (κ2) is 12.2. The predicted molar refractivity (Wildman–Crippen MR) is 157 cm³/mol. The lowest BCUT2D eigenvalue weighted by Crippen LogP contribution is -2.66. The molecule has 0 unspecified atom stereocenters. The number of nitrogens with one attached hydrogen (secondary N) is 1. The number of nitrogens with zero attached hydrogens (tertiary/aromatic N) is 4. The van der Waals surface area contributed by atoms with Crippen LogP contribution < -0.4 is 14.8 Å². The number of amides is 4. The maximum absolute atomic E-state index is 14.0. The number of ether oxygens (including phenoxy) is 2. The standard InChI is InChI=1S/C32H35N5O6/c1-2-14-35(32(41)33-17-23-6-4-3-5-7-23)36-20-30(39)37-26(15-22-8-11-25(38)12-9-22)31(40)34(19-29(36)37)18-24-10-13-27-28(16-24)43-21-42-27/h3-13,16,26,29,38H,2,14-15,17-21H2,1H3,(H,33,41)/t26-,29+/m0/s1. The van der Waals surface area contributed by atoms with Gasteiger partial charge in [0.2, 0.25) is 18.6 Å². The van der Waals surface area contributed by atoms with E-state index in [-0.39, 0.29) is 49.9 Å². The van der Waals surface area contributed by atoms with Crippen LogP contribution >= 0.6 is 0 Å². The number of rotatable bonds is 9. The number of hydrogen-bond donors (Lipinski definition) is 2. The van der Waals surface area contributed by atoms with Crippen LogP contribution in [0.1, 0.15) is 30.0 Å². The van der Waals surface area contributed by atoms with E-state index in [2.05, 4.69) is 5.32 Å². The van der Waals surface area contributed by atoms with Crippen molar-refractivity contribution in [3.8, 4) is 17.2 Å². The first kappa shape index (κ1) is 28.4. The fourth-order valence-electron chi connectivity index (χ4n) is 5.93. The van der Waals surface area contributed by atoms with Gasteiger partial charge in [0, 0.05) is 26.1 Å². The first-order valence-corrected chi connectivity index (χ1v) is 14.5. The second-order valence-electron chi connectivity index (χ2n) is 10.9. The number of hydrogen-bond acceptors (Lipinski definition) is 7. The summed E-state index contributed by atoms with van der Waals surface area (Å²) in [6, 6.07) is 20.8. The van der Waals surface area contributed by atoms with Crippen molar-refractivity contribution in [2.24, 2.45) is 0 Å². The molecule has 11 nitrogen and oxygen atoms in total. The molecule has 2 atom stereocenters. The Morgan fingerprint density at radius 3 is 2.49 bits per heavy atom.